The van der Waals surface area contributed by atoms with Crippen LogP contribution in [0.4, 0.5) is 5.69 Å². The first-order valence-corrected chi connectivity index (χ1v) is 7.31. The highest BCUT2D eigenvalue weighted by Crippen LogP contribution is 2.15. The lowest BCUT2D eigenvalue weighted by Gasteiger charge is -2.30. The summed E-state index contributed by atoms with van der Waals surface area (Å²) in [5.41, 5.74) is 1.13. The molecule has 0 spiro atoms. The molecule has 0 unspecified atom stereocenters. The summed E-state index contributed by atoms with van der Waals surface area (Å²) in [7, 11) is 0. The van der Waals surface area contributed by atoms with Gasteiger partial charge in [0.15, 0.2) is 0 Å². The van der Waals surface area contributed by atoms with Gasteiger partial charge in [0.2, 0.25) is 0 Å². The molecule has 0 atom stereocenters. The molecule has 1 fully saturated rings. The standard InChI is InChI=1S/C15H23N3O2/c1-13-5-8-17(9-6-13)10-7-16-12-14-3-2-4-15(11-14)18(19)20/h2-4,11,13,16H,5-10,12H2,1H3. The van der Waals surface area contributed by atoms with Crippen molar-refractivity contribution in [1.82, 2.24) is 10.2 Å². The average molecular weight is 277 g/mol. The predicted molar refractivity (Wildman–Crippen MR) is 79.6 cm³/mol. The van der Waals surface area contributed by atoms with Gasteiger partial charge in [0, 0.05) is 31.8 Å². The highest BCUT2D eigenvalue weighted by atomic mass is 16.6. The predicted octanol–water partition coefficient (Wildman–Crippen LogP) is 2.42. The van der Waals surface area contributed by atoms with Gasteiger partial charge in [-0.25, -0.2) is 0 Å². The van der Waals surface area contributed by atoms with E-state index in [1.165, 1.54) is 32.0 Å². The van der Waals surface area contributed by atoms with Gasteiger partial charge in [0.05, 0.1) is 4.92 Å². The van der Waals surface area contributed by atoms with E-state index in [-0.39, 0.29) is 10.6 Å². The second-order valence-electron chi connectivity index (χ2n) is 5.63. The maximum Gasteiger partial charge on any atom is 0.269 e. The van der Waals surface area contributed by atoms with Gasteiger partial charge in [-0.05, 0) is 37.4 Å². The summed E-state index contributed by atoms with van der Waals surface area (Å²) in [6, 6.07) is 6.82. The number of hydrogen-bond acceptors (Lipinski definition) is 4. The number of hydrogen-bond donors (Lipinski definition) is 1. The second kappa shape index (κ2) is 7.36. The third-order valence-electron chi connectivity index (χ3n) is 3.93. The molecule has 2 rings (SSSR count). The van der Waals surface area contributed by atoms with E-state index in [1.54, 1.807) is 12.1 Å². The molecule has 0 bridgehead atoms. The molecule has 1 aromatic rings. The van der Waals surface area contributed by atoms with Gasteiger partial charge in [-0.15, -0.1) is 0 Å². The Labute approximate surface area is 120 Å². The Kier molecular flexibility index (Phi) is 5.49. The van der Waals surface area contributed by atoms with Gasteiger partial charge in [0.1, 0.15) is 0 Å². The van der Waals surface area contributed by atoms with Crippen molar-refractivity contribution in [3.63, 3.8) is 0 Å². The average Bonchev–Trinajstić information content (AvgIpc) is 2.46. The molecule has 1 aliphatic heterocycles. The van der Waals surface area contributed by atoms with Crippen LogP contribution in [0.3, 0.4) is 0 Å². The molecule has 5 nitrogen and oxygen atoms in total. The lowest BCUT2D eigenvalue weighted by molar-refractivity contribution is -0.384. The Morgan fingerprint density at radius 3 is 2.85 bits per heavy atom. The Hall–Kier alpha value is -1.46. The summed E-state index contributed by atoms with van der Waals surface area (Å²) < 4.78 is 0. The smallest absolute Gasteiger partial charge is 0.269 e. The van der Waals surface area contributed by atoms with E-state index >= 15 is 0 Å². The van der Waals surface area contributed by atoms with Crippen LogP contribution in [0.5, 0.6) is 0 Å². The van der Waals surface area contributed by atoms with Crippen molar-refractivity contribution >= 4 is 5.69 Å². The summed E-state index contributed by atoms with van der Waals surface area (Å²) >= 11 is 0. The minimum Gasteiger partial charge on any atom is -0.311 e. The van der Waals surface area contributed by atoms with Crippen LogP contribution in [0.25, 0.3) is 0 Å². The molecule has 1 heterocycles. The number of rotatable bonds is 6. The summed E-state index contributed by atoms with van der Waals surface area (Å²) in [5, 5.41) is 14.1. The van der Waals surface area contributed by atoms with Crippen molar-refractivity contribution in [2.75, 3.05) is 26.2 Å². The van der Waals surface area contributed by atoms with Crippen LogP contribution in [-0.4, -0.2) is 36.0 Å². The van der Waals surface area contributed by atoms with Crippen LogP contribution in [0, 0.1) is 16.0 Å². The minimum atomic E-state index is -0.349. The molecular formula is C15H23N3O2. The number of benzene rings is 1. The minimum absolute atomic E-state index is 0.161. The monoisotopic (exact) mass is 277 g/mol. The second-order valence-corrected chi connectivity index (χ2v) is 5.63. The Morgan fingerprint density at radius 2 is 2.15 bits per heavy atom. The van der Waals surface area contributed by atoms with E-state index in [0.29, 0.717) is 6.54 Å². The zero-order valence-corrected chi connectivity index (χ0v) is 12.0. The van der Waals surface area contributed by atoms with Crippen LogP contribution < -0.4 is 5.32 Å². The largest absolute Gasteiger partial charge is 0.311 e. The molecule has 5 heteroatoms. The van der Waals surface area contributed by atoms with Crippen molar-refractivity contribution in [2.45, 2.75) is 26.3 Å². The number of likely N-dealkylation sites (tertiary alicyclic amines) is 1. The summed E-state index contributed by atoms with van der Waals surface area (Å²) in [5.74, 6) is 0.865. The zero-order valence-electron chi connectivity index (χ0n) is 12.0. The third-order valence-corrected chi connectivity index (χ3v) is 3.93. The number of non-ortho nitro benzene ring substituents is 1. The summed E-state index contributed by atoms with van der Waals surface area (Å²) in [6.07, 6.45) is 2.59. The quantitative estimate of drug-likeness (QED) is 0.493. The van der Waals surface area contributed by atoms with Crippen LogP contribution in [-0.2, 0) is 6.54 Å². The first-order valence-electron chi connectivity index (χ1n) is 7.31. The summed E-state index contributed by atoms with van der Waals surface area (Å²) in [4.78, 5) is 12.8. The number of nitro groups is 1. The molecule has 1 aromatic carbocycles. The fourth-order valence-corrected chi connectivity index (χ4v) is 2.54. The number of piperidine rings is 1. The van der Waals surface area contributed by atoms with E-state index < -0.39 is 0 Å². The molecule has 0 aliphatic carbocycles. The van der Waals surface area contributed by atoms with Crippen molar-refractivity contribution in [2.24, 2.45) is 5.92 Å². The first-order chi connectivity index (χ1) is 9.65. The SMILES string of the molecule is CC1CCN(CCNCc2cccc([N+](=O)[O-])c2)CC1. The topological polar surface area (TPSA) is 58.4 Å². The van der Waals surface area contributed by atoms with Gasteiger partial charge < -0.3 is 10.2 Å². The normalized spacial score (nSPS) is 17.2. The molecule has 0 amide bonds. The molecule has 0 radical (unpaired) electrons. The van der Waals surface area contributed by atoms with Crippen LogP contribution in [0.1, 0.15) is 25.3 Å². The highest BCUT2D eigenvalue weighted by molar-refractivity contribution is 5.34. The highest BCUT2D eigenvalue weighted by Gasteiger charge is 2.14. The van der Waals surface area contributed by atoms with E-state index in [2.05, 4.69) is 17.1 Å². The van der Waals surface area contributed by atoms with Crippen LogP contribution >= 0.6 is 0 Å². The van der Waals surface area contributed by atoms with E-state index in [4.69, 9.17) is 0 Å². The molecular weight excluding hydrogens is 254 g/mol. The zero-order chi connectivity index (χ0) is 14.4. The van der Waals surface area contributed by atoms with E-state index in [9.17, 15) is 10.1 Å². The number of nitro benzene ring substituents is 1. The Morgan fingerprint density at radius 1 is 1.40 bits per heavy atom. The third kappa shape index (κ3) is 4.58. The Balaban J connectivity index is 1.68. The number of nitrogens with zero attached hydrogens (tertiary/aromatic N) is 2. The van der Waals surface area contributed by atoms with Crippen molar-refractivity contribution < 1.29 is 4.92 Å². The van der Waals surface area contributed by atoms with Crippen molar-refractivity contribution in [3.05, 3.63) is 39.9 Å². The molecule has 0 aromatic heterocycles. The molecule has 110 valence electrons. The lowest BCUT2D eigenvalue weighted by Crippen LogP contribution is -2.37. The van der Waals surface area contributed by atoms with Crippen molar-refractivity contribution in [1.29, 1.82) is 0 Å². The molecule has 0 saturated carbocycles. The van der Waals surface area contributed by atoms with Gasteiger partial charge in [0.25, 0.3) is 5.69 Å². The fraction of sp³-hybridized carbons (Fsp3) is 0.600. The number of nitrogens with one attached hydrogen (secondary N) is 1. The van der Waals surface area contributed by atoms with Gasteiger partial charge >= 0.3 is 0 Å². The van der Waals surface area contributed by atoms with Gasteiger partial charge in [-0.2, -0.15) is 0 Å². The van der Waals surface area contributed by atoms with E-state index in [0.717, 1.165) is 24.6 Å². The van der Waals surface area contributed by atoms with Gasteiger partial charge in [-0.1, -0.05) is 19.1 Å². The van der Waals surface area contributed by atoms with E-state index in [1.807, 2.05) is 6.07 Å². The maximum absolute atomic E-state index is 10.7. The lowest BCUT2D eigenvalue weighted by atomic mass is 9.99. The molecule has 1 N–H and O–H groups in total. The summed E-state index contributed by atoms with van der Waals surface area (Å²) in [6.45, 7) is 7.38. The molecule has 20 heavy (non-hydrogen) atoms. The van der Waals surface area contributed by atoms with Gasteiger partial charge in [-0.3, -0.25) is 10.1 Å². The van der Waals surface area contributed by atoms with Crippen LogP contribution in [0.2, 0.25) is 0 Å². The molecule has 1 saturated heterocycles. The van der Waals surface area contributed by atoms with Crippen LogP contribution in [0.15, 0.2) is 24.3 Å². The molecule has 1 aliphatic rings. The van der Waals surface area contributed by atoms with Crippen molar-refractivity contribution in [3.8, 4) is 0 Å². The Bertz CT molecular complexity index is 442. The first kappa shape index (κ1) is 14.9. The maximum atomic E-state index is 10.7. The fourth-order valence-electron chi connectivity index (χ4n) is 2.54.